The van der Waals surface area contributed by atoms with E-state index in [1.54, 1.807) is 8.87 Å². The van der Waals surface area contributed by atoms with Crippen LogP contribution in [-0.4, -0.2) is 49.9 Å². The van der Waals surface area contributed by atoms with Gasteiger partial charge in [-0.2, -0.15) is 18.4 Å². The zero-order valence-electron chi connectivity index (χ0n) is 16.4. The molecule has 0 amide bonds. The molecular formula is C19H25F3N4O2S. The summed E-state index contributed by atoms with van der Waals surface area (Å²) in [5, 5.41) is 10.2. The first-order chi connectivity index (χ1) is 13.6. The molecule has 0 saturated carbocycles. The standard InChI is InChI=1S/C19H25F3N4O2S/c1-3-11-29(27,28)25-9-7-24(8-10-25)18-16(13-23)15-6-5-14(19(20,21)22)12-17(15)26(18)4-2/h5-6,12,27-28H,3-4,7-11H2,1-2H3. The predicted octanol–water partition coefficient (Wildman–Crippen LogP) is 4.75. The van der Waals surface area contributed by atoms with Gasteiger partial charge in [-0.05, 0) is 25.5 Å². The molecule has 10 heteroatoms. The van der Waals surface area contributed by atoms with E-state index >= 15 is 0 Å². The van der Waals surface area contributed by atoms with Crippen molar-refractivity contribution in [2.45, 2.75) is 33.0 Å². The molecule has 6 nitrogen and oxygen atoms in total. The van der Waals surface area contributed by atoms with Crippen LogP contribution in [0.25, 0.3) is 10.9 Å². The van der Waals surface area contributed by atoms with Crippen LogP contribution in [0.5, 0.6) is 0 Å². The number of aromatic nitrogens is 1. The molecule has 1 aromatic carbocycles. The van der Waals surface area contributed by atoms with Gasteiger partial charge in [0.2, 0.25) is 0 Å². The van der Waals surface area contributed by atoms with Gasteiger partial charge in [-0.15, -0.1) is 10.8 Å². The molecule has 0 atom stereocenters. The normalized spacial score (nSPS) is 17.0. The fraction of sp³-hybridized carbons (Fsp3) is 0.526. The predicted molar refractivity (Wildman–Crippen MR) is 109 cm³/mol. The Kier molecular flexibility index (Phi) is 6.06. The number of aryl methyl sites for hydroxylation is 1. The van der Waals surface area contributed by atoms with Crippen molar-refractivity contribution < 1.29 is 22.3 Å². The molecule has 1 aliphatic heterocycles. The van der Waals surface area contributed by atoms with E-state index in [2.05, 4.69) is 6.07 Å². The molecule has 0 spiro atoms. The molecule has 1 saturated heterocycles. The van der Waals surface area contributed by atoms with Crippen LogP contribution < -0.4 is 4.90 Å². The Balaban J connectivity index is 1.99. The van der Waals surface area contributed by atoms with Crippen LogP contribution in [0.4, 0.5) is 19.0 Å². The average molecular weight is 430 g/mol. The van der Waals surface area contributed by atoms with E-state index in [-0.39, 0.29) is 0 Å². The summed E-state index contributed by atoms with van der Waals surface area (Å²) in [4.78, 5) is 1.95. The van der Waals surface area contributed by atoms with Gasteiger partial charge in [0.1, 0.15) is 17.5 Å². The van der Waals surface area contributed by atoms with Gasteiger partial charge < -0.3 is 9.47 Å². The number of alkyl halides is 3. The molecule has 3 rings (SSSR count). The molecule has 29 heavy (non-hydrogen) atoms. The van der Waals surface area contributed by atoms with Crippen molar-refractivity contribution in [2.75, 3.05) is 36.8 Å². The molecule has 1 aromatic heterocycles. The summed E-state index contributed by atoms with van der Waals surface area (Å²) in [6, 6.07) is 5.62. The van der Waals surface area contributed by atoms with Gasteiger partial charge in [-0.3, -0.25) is 9.11 Å². The monoisotopic (exact) mass is 430 g/mol. The maximum Gasteiger partial charge on any atom is 0.416 e. The van der Waals surface area contributed by atoms with Crippen molar-refractivity contribution in [2.24, 2.45) is 0 Å². The molecular weight excluding hydrogens is 405 g/mol. The molecule has 2 heterocycles. The highest BCUT2D eigenvalue weighted by atomic mass is 32.3. The molecule has 0 radical (unpaired) electrons. The minimum Gasteiger partial charge on any atom is -0.354 e. The smallest absolute Gasteiger partial charge is 0.354 e. The van der Waals surface area contributed by atoms with Crippen molar-refractivity contribution in [3.8, 4) is 6.07 Å². The van der Waals surface area contributed by atoms with E-state index in [1.807, 2.05) is 18.7 Å². The second kappa shape index (κ2) is 8.07. The van der Waals surface area contributed by atoms with Crippen molar-refractivity contribution in [3.05, 3.63) is 29.3 Å². The van der Waals surface area contributed by atoms with Crippen molar-refractivity contribution in [3.63, 3.8) is 0 Å². The zero-order chi connectivity index (χ0) is 21.4. The summed E-state index contributed by atoms with van der Waals surface area (Å²) >= 11 is 0. The largest absolute Gasteiger partial charge is 0.416 e. The molecule has 0 aliphatic carbocycles. The molecule has 0 unspecified atom stereocenters. The highest BCUT2D eigenvalue weighted by Gasteiger charge is 2.33. The fourth-order valence-corrected chi connectivity index (χ4v) is 5.42. The summed E-state index contributed by atoms with van der Waals surface area (Å²) in [5.41, 5.74) is -0.0117. The summed E-state index contributed by atoms with van der Waals surface area (Å²) in [6.45, 7) is 5.86. The summed E-state index contributed by atoms with van der Waals surface area (Å²) in [5.74, 6) is 0.905. The Hall–Kier alpha value is -1.93. The van der Waals surface area contributed by atoms with E-state index in [4.69, 9.17) is 0 Å². The van der Waals surface area contributed by atoms with Gasteiger partial charge >= 0.3 is 6.18 Å². The zero-order valence-corrected chi connectivity index (χ0v) is 17.2. The lowest BCUT2D eigenvalue weighted by Crippen LogP contribution is -2.48. The Bertz CT molecular complexity index is 928. The van der Waals surface area contributed by atoms with Crippen LogP contribution in [-0.2, 0) is 12.7 Å². The van der Waals surface area contributed by atoms with E-state index in [0.717, 1.165) is 12.1 Å². The number of hydrogen-bond acceptors (Lipinski definition) is 5. The van der Waals surface area contributed by atoms with Gasteiger partial charge in [0.05, 0.1) is 16.8 Å². The van der Waals surface area contributed by atoms with E-state index < -0.39 is 22.5 Å². The maximum absolute atomic E-state index is 13.2. The first kappa shape index (κ1) is 21.8. The lowest BCUT2D eigenvalue weighted by atomic mass is 10.1. The Morgan fingerprint density at radius 3 is 2.31 bits per heavy atom. The molecule has 0 bridgehead atoms. The summed E-state index contributed by atoms with van der Waals surface area (Å²) < 4.78 is 63.5. The minimum absolute atomic E-state index is 0.311. The van der Waals surface area contributed by atoms with Crippen LogP contribution in [0.1, 0.15) is 31.4 Å². The third-order valence-corrected chi connectivity index (χ3v) is 7.37. The Labute approximate surface area is 169 Å². The number of hydrogen-bond donors (Lipinski definition) is 2. The van der Waals surface area contributed by atoms with Gasteiger partial charge in [0, 0.05) is 38.1 Å². The van der Waals surface area contributed by atoms with Gasteiger partial charge in [0.15, 0.2) is 0 Å². The highest BCUT2D eigenvalue weighted by Crippen LogP contribution is 2.45. The quantitative estimate of drug-likeness (QED) is 0.716. The number of piperazine rings is 1. The SMILES string of the molecule is CCCS(O)(O)N1CCN(c2c(C#N)c3ccc(C(F)(F)F)cc3n2CC)CC1. The van der Waals surface area contributed by atoms with Crippen LogP contribution >= 0.6 is 10.8 Å². The number of rotatable bonds is 5. The van der Waals surface area contributed by atoms with E-state index in [0.29, 0.717) is 67.2 Å². The first-order valence-electron chi connectivity index (χ1n) is 9.53. The third kappa shape index (κ3) is 4.05. The second-order valence-electron chi connectivity index (χ2n) is 7.04. The van der Waals surface area contributed by atoms with Crippen LogP contribution in [0.2, 0.25) is 0 Å². The number of halogens is 3. The Morgan fingerprint density at radius 2 is 1.79 bits per heavy atom. The lowest BCUT2D eigenvalue weighted by molar-refractivity contribution is -0.137. The third-order valence-electron chi connectivity index (χ3n) is 5.22. The number of fused-ring (bicyclic) bond motifs is 1. The topological polar surface area (TPSA) is 75.7 Å². The van der Waals surface area contributed by atoms with E-state index in [9.17, 15) is 27.5 Å². The second-order valence-corrected chi connectivity index (χ2v) is 9.23. The van der Waals surface area contributed by atoms with Crippen LogP contribution in [0.3, 0.4) is 0 Å². The van der Waals surface area contributed by atoms with Gasteiger partial charge in [0.25, 0.3) is 0 Å². The van der Waals surface area contributed by atoms with Crippen molar-refractivity contribution >= 4 is 27.5 Å². The van der Waals surface area contributed by atoms with Gasteiger partial charge in [-0.25, -0.2) is 4.31 Å². The van der Waals surface area contributed by atoms with Crippen LogP contribution in [0, 0.1) is 11.3 Å². The summed E-state index contributed by atoms with van der Waals surface area (Å²) in [6.07, 6.45) is -3.80. The Morgan fingerprint density at radius 1 is 1.14 bits per heavy atom. The molecule has 1 fully saturated rings. The molecule has 2 N–H and O–H groups in total. The first-order valence-corrected chi connectivity index (χ1v) is 11.2. The minimum atomic E-state index is -4.46. The van der Waals surface area contributed by atoms with Crippen LogP contribution in [0.15, 0.2) is 18.2 Å². The number of anilines is 1. The number of nitriles is 1. The maximum atomic E-state index is 13.2. The molecule has 1 aliphatic rings. The van der Waals surface area contributed by atoms with Gasteiger partial charge in [-0.1, -0.05) is 13.0 Å². The number of benzene rings is 1. The summed E-state index contributed by atoms with van der Waals surface area (Å²) in [7, 11) is -2.81. The molecule has 2 aromatic rings. The van der Waals surface area contributed by atoms with Crippen molar-refractivity contribution in [1.29, 1.82) is 5.26 Å². The van der Waals surface area contributed by atoms with Crippen molar-refractivity contribution in [1.82, 2.24) is 8.87 Å². The van der Waals surface area contributed by atoms with E-state index in [1.165, 1.54) is 6.07 Å². The fourth-order valence-electron chi connectivity index (χ4n) is 3.87. The molecule has 160 valence electrons. The lowest BCUT2D eigenvalue weighted by Gasteiger charge is -2.47. The number of nitrogens with zero attached hydrogens (tertiary/aromatic N) is 4. The highest BCUT2D eigenvalue weighted by molar-refractivity contribution is 8.22. The average Bonchev–Trinajstić information content (AvgIpc) is 3.00.